The molecule has 0 radical (unpaired) electrons. The first-order valence-electron chi connectivity index (χ1n) is 6.69. The van der Waals surface area contributed by atoms with E-state index in [1.165, 1.54) is 5.56 Å². The molecule has 106 valence electrons. The molecule has 1 aliphatic heterocycles. The molecule has 0 aliphatic carbocycles. The monoisotopic (exact) mass is 266 g/mol. The van der Waals surface area contributed by atoms with Crippen LogP contribution in [-0.2, 0) is 6.42 Å². The van der Waals surface area contributed by atoms with Gasteiger partial charge in [0.1, 0.15) is 12.4 Å². The molecule has 0 amide bonds. The molecule has 5 heteroatoms. The van der Waals surface area contributed by atoms with E-state index in [2.05, 4.69) is 0 Å². The van der Waals surface area contributed by atoms with E-state index in [1.807, 2.05) is 29.2 Å². The van der Waals surface area contributed by atoms with Gasteiger partial charge in [-0.05, 0) is 30.7 Å². The van der Waals surface area contributed by atoms with Crippen LogP contribution in [0.3, 0.4) is 0 Å². The Morgan fingerprint density at radius 2 is 1.79 bits per heavy atom. The molecule has 1 aromatic carbocycles. The third-order valence-electron chi connectivity index (χ3n) is 3.37. The average molecular weight is 266 g/mol. The molecule has 1 aliphatic rings. The first kappa shape index (κ1) is 14.3. The normalized spacial score (nSPS) is 23.7. The zero-order valence-electron chi connectivity index (χ0n) is 11.0. The summed E-state index contributed by atoms with van der Waals surface area (Å²) < 4.78 is 5.64. The number of β-amino-alcohol motifs (C(OH)–C–C–N with tert-alkyl or cyclic N) is 2. The lowest BCUT2D eigenvalue weighted by Gasteiger charge is -2.15. The van der Waals surface area contributed by atoms with Crippen LogP contribution in [0.5, 0.6) is 5.75 Å². The van der Waals surface area contributed by atoms with Gasteiger partial charge in [0.15, 0.2) is 0 Å². The van der Waals surface area contributed by atoms with E-state index in [9.17, 15) is 10.2 Å². The quantitative estimate of drug-likeness (QED) is 0.653. The van der Waals surface area contributed by atoms with Crippen molar-refractivity contribution in [1.82, 2.24) is 4.90 Å². The van der Waals surface area contributed by atoms with Crippen molar-refractivity contribution < 1.29 is 14.9 Å². The van der Waals surface area contributed by atoms with Gasteiger partial charge in [-0.1, -0.05) is 12.1 Å². The van der Waals surface area contributed by atoms with Crippen molar-refractivity contribution >= 4 is 0 Å². The fourth-order valence-electron chi connectivity index (χ4n) is 2.24. The lowest BCUT2D eigenvalue weighted by Crippen LogP contribution is -2.27. The second-order valence-corrected chi connectivity index (χ2v) is 4.93. The van der Waals surface area contributed by atoms with Gasteiger partial charge in [-0.15, -0.1) is 0 Å². The van der Waals surface area contributed by atoms with Crippen LogP contribution in [0.2, 0.25) is 0 Å². The molecule has 0 saturated carbocycles. The highest BCUT2D eigenvalue weighted by Gasteiger charge is 2.28. The van der Waals surface area contributed by atoms with Crippen molar-refractivity contribution in [3.8, 4) is 5.75 Å². The molecule has 0 spiro atoms. The Hall–Kier alpha value is -1.14. The molecular weight excluding hydrogens is 244 g/mol. The second kappa shape index (κ2) is 6.86. The molecule has 1 fully saturated rings. The summed E-state index contributed by atoms with van der Waals surface area (Å²) in [5.41, 5.74) is 6.70. The van der Waals surface area contributed by atoms with Gasteiger partial charge in [-0.3, -0.25) is 4.90 Å². The van der Waals surface area contributed by atoms with Gasteiger partial charge in [-0.25, -0.2) is 0 Å². The maximum atomic E-state index is 9.42. The summed E-state index contributed by atoms with van der Waals surface area (Å²) >= 11 is 0. The zero-order valence-corrected chi connectivity index (χ0v) is 11.0. The van der Waals surface area contributed by atoms with Gasteiger partial charge in [0.05, 0.1) is 12.2 Å². The number of aliphatic hydroxyl groups excluding tert-OH is 2. The Labute approximate surface area is 113 Å². The summed E-state index contributed by atoms with van der Waals surface area (Å²) in [6.45, 7) is 2.94. The van der Waals surface area contributed by atoms with Crippen molar-refractivity contribution in [2.45, 2.75) is 18.6 Å². The van der Waals surface area contributed by atoms with Gasteiger partial charge in [-0.2, -0.15) is 0 Å². The molecule has 0 bridgehead atoms. The fraction of sp³-hybridized carbons (Fsp3) is 0.571. The number of benzene rings is 1. The second-order valence-electron chi connectivity index (χ2n) is 4.93. The van der Waals surface area contributed by atoms with Gasteiger partial charge in [0.2, 0.25) is 0 Å². The lowest BCUT2D eigenvalue weighted by atomic mass is 10.1. The molecule has 5 nitrogen and oxygen atoms in total. The van der Waals surface area contributed by atoms with Crippen LogP contribution in [0.1, 0.15) is 5.56 Å². The highest BCUT2D eigenvalue weighted by atomic mass is 16.5. The Morgan fingerprint density at radius 3 is 2.37 bits per heavy atom. The highest BCUT2D eigenvalue weighted by Crippen LogP contribution is 2.13. The number of hydrogen-bond acceptors (Lipinski definition) is 5. The molecule has 1 aromatic rings. The molecule has 19 heavy (non-hydrogen) atoms. The maximum Gasteiger partial charge on any atom is 0.119 e. The molecule has 1 heterocycles. The molecule has 2 atom stereocenters. The lowest BCUT2D eigenvalue weighted by molar-refractivity contribution is 0.0572. The molecule has 2 rings (SSSR count). The summed E-state index contributed by atoms with van der Waals surface area (Å²) in [6.07, 6.45) is -0.379. The first-order valence-corrected chi connectivity index (χ1v) is 6.69. The molecule has 2 unspecified atom stereocenters. The van der Waals surface area contributed by atoms with Crippen molar-refractivity contribution in [3.63, 3.8) is 0 Å². The minimum Gasteiger partial charge on any atom is -0.492 e. The van der Waals surface area contributed by atoms with E-state index in [0.717, 1.165) is 12.2 Å². The summed E-state index contributed by atoms with van der Waals surface area (Å²) in [7, 11) is 0. The van der Waals surface area contributed by atoms with E-state index in [0.29, 0.717) is 32.8 Å². The van der Waals surface area contributed by atoms with Gasteiger partial charge >= 0.3 is 0 Å². The number of likely N-dealkylation sites (tertiary alicyclic amines) is 1. The fourth-order valence-corrected chi connectivity index (χ4v) is 2.24. The molecule has 0 aromatic heterocycles. The number of nitrogens with two attached hydrogens (primary N) is 1. The minimum absolute atomic E-state index is 0.514. The predicted molar refractivity (Wildman–Crippen MR) is 73.1 cm³/mol. The van der Waals surface area contributed by atoms with E-state index in [4.69, 9.17) is 10.5 Å². The number of ether oxygens (including phenoxy) is 1. The smallest absolute Gasteiger partial charge is 0.119 e. The maximum absolute atomic E-state index is 9.42. The van der Waals surface area contributed by atoms with E-state index in [1.54, 1.807) is 0 Å². The zero-order chi connectivity index (χ0) is 13.7. The molecule has 1 saturated heterocycles. The van der Waals surface area contributed by atoms with Crippen LogP contribution < -0.4 is 10.5 Å². The van der Waals surface area contributed by atoms with Gasteiger partial charge in [0, 0.05) is 19.6 Å². The van der Waals surface area contributed by atoms with Crippen LogP contribution in [0, 0.1) is 0 Å². The van der Waals surface area contributed by atoms with E-state index < -0.39 is 12.2 Å². The predicted octanol–water partition coefficient (Wildman–Crippen LogP) is -0.396. The molecule has 4 N–H and O–H groups in total. The van der Waals surface area contributed by atoms with Crippen LogP contribution in [-0.4, -0.2) is 60.1 Å². The van der Waals surface area contributed by atoms with Gasteiger partial charge in [0.25, 0.3) is 0 Å². The Balaban J connectivity index is 1.71. The summed E-state index contributed by atoms with van der Waals surface area (Å²) in [5.74, 6) is 0.834. The summed E-state index contributed by atoms with van der Waals surface area (Å²) in [6, 6.07) is 7.93. The number of rotatable bonds is 6. The van der Waals surface area contributed by atoms with E-state index in [-0.39, 0.29) is 0 Å². The van der Waals surface area contributed by atoms with Crippen molar-refractivity contribution in [2.24, 2.45) is 5.73 Å². The van der Waals surface area contributed by atoms with Crippen LogP contribution >= 0.6 is 0 Å². The topological polar surface area (TPSA) is 79.0 Å². The van der Waals surface area contributed by atoms with Crippen LogP contribution in [0.25, 0.3) is 0 Å². The third-order valence-corrected chi connectivity index (χ3v) is 3.37. The SMILES string of the molecule is NCCc1ccc(OCCN2CC(O)C(O)C2)cc1. The summed E-state index contributed by atoms with van der Waals surface area (Å²) in [4.78, 5) is 2.00. The third kappa shape index (κ3) is 4.18. The van der Waals surface area contributed by atoms with Crippen LogP contribution in [0.15, 0.2) is 24.3 Å². The first-order chi connectivity index (χ1) is 9.19. The number of aliphatic hydroxyl groups is 2. The number of nitrogens with zero attached hydrogens (tertiary/aromatic N) is 1. The Bertz CT molecular complexity index is 373. The Kier molecular flexibility index (Phi) is 5.15. The Morgan fingerprint density at radius 1 is 1.16 bits per heavy atom. The molecular formula is C14H22N2O3. The standard InChI is InChI=1S/C14H22N2O3/c15-6-5-11-1-3-12(4-2-11)19-8-7-16-9-13(17)14(18)10-16/h1-4,13-14,17-18H,5-10,15H2. The highest BCUT2D eigenvalue weighted by molar-refractivity contribution is 5.27. The van der Waals surface area contributed by atoms with Crippen molar-refractivity contribution in [2.75, 3.05) is 32.8 Å². The average Bonchev–Trinajstić information content (AvgIpc) is 2.71. The van der Waals surface area contributed by atoms with Gasteiger partial charge < -0.3 is 20.7 Å². The number of hydrogen-bond donors (Lipinski definition) is 3. The summed E-state index contributed by atoms with van der Waals surface area (Å²) in [5, 5.41) is 18.8. The minimum atomic E-state index is -0.629. The largest absolute Gasteiger partial charge is 0.492 e. The van der Waals surface area contributed by atoms with Crippen molar-refractivity contribution in [3.05, 3.63) is 29.8 Å². The van der Waals surface area contributed by atoms with E-state index >= 15 is 0 Å². The van der Waals surface area contributed by atoms with Crippen molar-refractivity contribution in [1.29, 1.82) is 0 Å². The van der Waals surface area contributed by atoms with Crippen LogP contribution in [0.4, 0.5) is 0 Å².